The molecule has 0 radical (unpaired) electrons. The van der Waals surface area contributed by atoms with E-state index in [9.17, 15) is 0 Å². The molecule has 0 aliphatic heterocycles. The van der Waals surface area contributed by atoms with Crippen molar-refractivity contribution in [2.24, 2.45) is 0 Å². The fraction of sp³-hybridized carbons (Fsp3) is 0.185. The van der Waals surface area contributed by atoms with Crippen LogP contribution in [0.15, 0.2) is 115 Å². The van der Waals surface area contributed by atoms with E-state index < -0.39 is 0 Å². The topological polar surface area (TPSA) is 0 Å². The van der Waals surface area contributed by atoms with Crippen LogP contribution in [0.1, 0.15) is 36.5 Å². The molecule has 0 amide bonds. The molecule has 3 aromatic rings. The molecule has 1 unspecified atom stereocenters. The second kappa shape index (κ2) is 12.1. The Morgan fingerprint density at radius 2 is 1.06 bits per heavy atom. The average Bonchev–Trinajstić information content (AvgIpc) is 3.13. The molecule has 0 nitrogen and oxygen atoms in total. The smallest absolute Gasteiger partial charge is 1.00 e. The van der Waals surface area contributed by atoms with Gasteiger partial charge in [0.05, 0.1) is 0 Å². The van der Waals surface area contributed by atoms with Crippen molar-refractivity contribution in [2.75, 3.05) is 0 Å². The molecule has 3 aromatic carbocycles. The van der Waals surface area contributed by atoms with Gasteiger partial charge in [-0.15, -0.1) is 0 Å². The van der Waals surface area contributed by atoms with Crippen LogP contribution in [0.2, 0.25) is 3.72 Å². The summed E-state index contributed by atoms with van der Waals surface area (Å²) in [6, 6.07) is 33.0. The number of hydrogen-bond acceptors (Lipinski definition) is 0. The maximum absolute atomic E-state index is 2.50. The normalized spacial score (nSPS) is 17.1. The van der Waals surface area contributed by atoms with Gasteiger partial charge in [0.15, 0.2) is 0 Å². The van der Waals surface area contributed by atoms with Crippen molar-refractivity contribution in [3.05, 3.63) is 131 Å². The van der Waals surface area contributed by atoms with Crippen LogP contribution in [0.4, 0.5) is 0 Å². The first-order valence-corrected chi connectivity index (χ1v) is 10.8. The Morgan fingerprint density at radius 3 is 1.42 bits per heavy atom. The minimum Gasteiger partial charge on any atom is -1.00 e. The fourth-order valence-corrected chi connectivity index (χ4v) is 5.68. The van der Waals surface area contributed by atoms with Crippen LogP contribution in [0.5, 0.6) is 0 Å². The van der Waals surface area contributed by atoms with Crippen LogP contribution in [0.25, 0.3) is 0 Å². The summed E-state index contributed by atoms with van der Waals surface area (Å²) >= 11 is 2.39. The van der Waals surface area contributed by atoms with Gasteiger partial charge in [0.1, 0.15) is 0 Å². The van der Waals surface area contributed by atoms with Crippen molar-refractivity contribution in [3.8, 4) is 0 Å². The SMILES string of the molecule is CCCC1=C[C]([Ti+3])(C(c2ccccc2)(c2ccccc2)c2ccccc2)C=C1.[Cl-].[Cl-].[Cl-]. The predicted octanol–water partition coefficient (Wildman–Crippen LogP) is -1.97. The van der Waals surface area contributed by atoms with E-state index in [1.165, 1.54) is 28.7 Å². The molecule has 1 aliphatic rings. The van der Waals surface area contributed by atoms with E-state index >= 15 is 0 Å². The molecule has 0 spiro atoms. The van der Waals surface area contributed by atoms with Crippen molar-refractivity contribution >= 4 is 0 Å². The van der Waals surface area contributed by atoms with Crippen LogP contribution in [0, 0.1) is 0 Å². The molecular formula is C27H25Cl3Ti. The molecule has 0 aromatic heterocycles. The van der Waals surface area contributed by atoms with Gasteiger partial charge in [-0.2, -0.15) is 0 Å². The third kappa shape index (κ3) is 5.05. The zero-order chi connectivity index (χ0) is 19.5. The van der Waals surface area contributed by atoms with Gasteiger partial charge in [-0.05, 0) is 0 Å². The van der Waals surface area contributed by atoms with Crippen molar-refractivity contribution in [1.29, 1.82) is 0 Å². The quantitative estimate of drug-likeness (QED) is 0.271. The summed E-state index contributed by atoms with van der Waals surface area (Å²) in [6.45, 7) is 2.25. The van der Waals surface area contributed by atoms with Crippen LogP contribution in [-0.4, -0.2) is 0 Å². The van der Waals surface area contributed by atoms with Crippen molar-refractivity contribution in [1.82, 2.24) is 0 Å². The monoisotopic (exact) mass is 502 g/mol. The Labute approximate surface area is 216 Å². The molecule has 0 bridgehead atoms. The molecule has 158 valence electrons. The van der Waals surface area contributed by atoms with E-state index in [0.717, 1.165) is 6.42 Å². The van der Waals surface area contributed by atoms with E-state index in [1.807, 2.05) is 0 Å². The third-order valence-corrected chi connectivity index (χ3v) is 6.82. The molecule has 0 fully saturated rings. The number of halogens is 3. The molecule has 31 heavy (non-hydrogen) atoms. The third-order valence-electron chi connectivity index (χ3n) is 5.75. The van der Waals surface area contributed by atoms with E-state index in [1.54, 1.807) is 0 Å². The Bertz CT molecular complexity index is 888. The summed E-state index contributed by atoms with van der Waals surface area (Å²) in [5, 5.41) is 0. The van der Waals surface area contributed by atoms with E-state index in [0.29, 0.717) is 0 Å². The number of benzene rings is 3. The molecule has 0 saturated carbocycles. The standard InChI is InChI=1S/C27H25.3ClH.Ti/c1-2-12-22-19-20-26(21-22)27(23-13-6-3-7-14-23,24-15-8-4-9-16-24)25-17-10-5-11-18-25;;;;/h3-11,13-21H,2,12H2,1H3;3*1H;/q;;;;+3/p-3. The molecular weight excluding hydrogens is 479 g/mol. The number of rotatable bonds is 6. The Morgan fingerprint density at radius 1 is 0.677 bits per heavy atom. The molecule has 1 atom stereocenters. The first kappa shape index (κ1) is 27.8. The van der Waals surface area contributed by atoms with Crippen molar-refractivity contribution < 1.29 is 57.7 Å². The Hall–Kier alpha value is -1.28. The van der Waals surface area contributed by atoms with Gasteiger partial charge in [-0.1, -0.05) is 0 Å². The van der Waals surface area contributed by atoms with Gasteiger partial charge >= 0.3 is 181 Å². The van der Waals surface area contributed by atoms with Crippen molar-refractivity contribution in [2.45, 2.75) is 28.9 Å². The molecule has 0 heterocycles. The first-order chi connectivity index (χ1) is 13.7. The maximum Gasteiger partial charge on any atom is -1.00 e. The van der Waals surface area contributed by atoms with Gasteiger partial charge in [-0.25, -0.2) is 0 Å². The van der Waals surface area contributed by atoms with E-state index in [4.69, 9.17) is 0 Å². The van der Waals surface area contributed by atoms with Gasteiger partial charge in [0, 0.05) is 0 Å². The van der Waals surface area contributed by atoms with Crippen LogP contribution >= 0.6 is 0 Å². The number of allylic oxidation sites excluding steroid dienone is 4. The zero-order valence-electron chi connectivity index (χ0n) is 17.4. The van der Waals surface area contributed by atoms with E-state index in [2.05, 4.69) is 137 Å². The summed E-state index contributed by atoms with van der Waals surface area (Å²) in [4.78, 5) is 0. The average molecular weight is 504 g/mol. The largest absolute Gasteiger partial charge is 1.00 e. The zero-order valence-corrected chi connectivity index (χ0v) is 21.3. The van der Waals surface area contributed by atoms with Crippen LogP contribution in [-0.2, 0) is 25.9 Å². The Balaban J connectivity index is 0.00000160. The number of hydrogen-bond donors (Lipinski definition) is 0. The molecule has 4 rings (SSSR count). The predicted molar refractivity (Wildman–Crippen MR) is 114 cm³/mol. The maximum atomic E-state index is 2.50. The summed E-state index contributed by atoms with van der Waals surface area (Å²) in [7, 11) is 0. The van der Waals surface area contributed by atoms with Crippen LogP contribution in [0.3, 0.4) is 0 Å². The summed E-state index contributed by atoms with van der Waals surface area (Å²) in [6.07, 6.45) is 9.56. The Kier molecular flexibility index (Phi) is 10.8. The van der Waals surface area contributed by atoms with Gasteiger partial charge in [-0.3, -0.25) is 0 Å². The minimum atomic E-state index is -0.289. The summed E-state index contributed by atoms with van der Waals surface area (Å²) in [5.74, 6) is 0. The molecule has 4 heteroatoms. The summed E-state index contributed by atoms with van der Waals surface area (Å²) in [5.41, 5.74) is 5.13. The van der Waals surface area contributed by atoms with Crippen molar-refractivity contribution in [3.63, 3.8) is 0 Å². The van der Waals surface area contributed by atoms with Gasteiger partial charge in [0.25, 0.3) is 0 Å². The second-order valence-electron chi connectivity index (χ2n) is 7.52. The van der Waals surface area contributed by atoms with Gasteiger partial charge < -0.3 is 37.2 Å². The summed E-state index contributed by atoms with van der Waals surface area (Å²) < 4.78 is -0.151. The van der Waals surface area contributed by atoms with Gasteiger partial charge in [0.2, 0.25) is 0 Å². The fourth-order valence-electron chi connectivity index (χ4n) is 4.59. The van der Waals surface area contributed by atoms with Crippen LogP contribution < -0.4 is 37.2 Å². The van der Waals surface area contributed by atoms with E-state index in [-0.39, 0.29) is 46.4 Å². The second-order valence-corrected chi connectivity index (χ2v) is 8.81. The molecule has 0 N–H and O–H groups in total. The minimum absolute atomic E-state index is 0. The molecule has 0 saturated heterocycles. The molecule has 1 aliphatic carbocycles. The first-order valence-electron chi connectivity index (χ1n) is 10.0.